The lowest BCUT2D eigenvalue weighted by Crippen LogP contribution is -2.02. The molecule has 0 saturated carbocycles. The maximum absolute atomic E-state index is 4.78. The maximum Gasteiger partial charge on any atom is 0.107 e. The van der Waals surface area contributed by atoms with Crippen LogP contribution < -0.4 is 5.32 Å². The lowest BCUT2D eigenvalue weighted by molar-refractivity contribution is 0.786. The first kappa shape index (κ1) is 18.3. The van der Waals surface area contributed by atoms with Gasteiger partial charge in [0, 0.05) is 18.8 Å². The predicted octanol–water partition coefficient (Wildman–Crippen LogP) is 6.13. The minimum absolute atomic E-state index is 0.568. The van der Waals surface area contributed by atoms with E-state index in [9.17, 15) is 0 Å². The zero-order chi connectivity index (χ0) is 19.5. The summed E-state index contributed by atoms with van der Waals surface area (Å²) in [6.07, 6.45) is 0. The largest absolute Gasteiger partial charge is 0.381 e. The molecule has 0 aliphatic carbocycles. The van der Waals surface area contributed by atoms with E-state index in [1.54, 1.807) is 0 Å². The summed E-state index contributed by atoms with van der Waals surface area (Å²) < 4.78 is 2.28. The number of hydrogen-bond donors (Lipinski definition) is 1. The van der Waals surface area contributed by atoms with E-state index in [2.05, 4.69) is 103 Å². The monoisotopic (exact) mass is 369 g/mol. The van der Waals surface area contributed by atoms with Gasteiger partial charge in [0.25, 0.3) is 0 Å². The van der Waals surface area contributed by atoms with Crippen molar-refractivity contribution in [3.05, 3.63) is 95.3 Å². The van der Waals surface area contributed by atoms with Gasteiger partial charge in [0.2, 0.25) is 0 Å². The van der Waals surface area contributed by atoms with Crippen LogP contribution in [0.15, 0.2) is 72.8 Å². The Morgan fingerprint density at radius 1 is 0.893 bits per heavy atom. The third kappa shape index (κ3) is 3.94. The van der Waals surface area contributed by atoms with Crippen LogP contribution in [-0.2, 0) is 13.1 Å². The summed E-state index contributed by atoms with van der Waals surface area (Å²) in [5, 5.41) is 3.53. The number of benzene rings is 3. The van der Waals surface area contributed by atoms with Gasteiger partial charge in [-0.25, -0.2) is 4.98 Å². The number of anilines is 1. The predicted molar refractivity (Wildman–Crippen MR) is 118 cm³/mol. The van der Waals surface area contributed by atoms with Gasteiger partial charge in [-0.3, -0.25) is 0 Å². The molecule has 0 saturated heterocycles. The van der Waals surface area contributed by atoms with Crippen LogP contribution in [0.25, 0.3) is 11.0 Å². The Bertz CT molecular complexity index is 1060. The average Bonchev–Trinajstić information content (AvgIpc) is 3.02. The highest BCUT2D eigenvalue weighted by molar-refractivity contribution is 5.80. The Morgan fingerprint density at radius 2 is 1.64 bits per heavy atom. The second-order valence-electron chi connectivity index (χ2n) is 7.68. The van der Waals surface area contributed by atoms with E-state index < -0.39 is 0 Å². The van der Waals surface area contributed by atoms with Crippen molar-refractivity contribution in [3.8, 4) is 0 Å². The average molecular weight is 370 g/mol. The zero-order valence-corrected chi connectivity index (χ0v) is 16.8. The van der Waals surface area contributed by atoms with E-state index in [-0.39, 0.29) is 0 Å². The van der Waals surface area contributed by atoms with Crippen molar-refractivity contribution in [2.24, 2.45) is 0 Å². The molecule has 142 valence electrons. The van der Waals surface area contributed by atoms with Crippen molar-refractivity contribution >= 4 is 16.7 Å². The van der Waals surface area contributed by atoms with E-state index >= 15 is 0 Å². The molecule has 0 atom stereocenters. The van der Waals surface area contributed by atoms with Gasteiger partial charge in [0.05, 0.1) is 11.0 Å². The minimum Gasteiger partial charge on any atom is -0.381 e. The maximum atomic E-state index is 4.78. The van der Waals surface area contributed by atoms with Crippen LogP contribution in [0.4, 0.5) is 5.69 Å². The first-order chi connectivity index (χ1) is 13.6. The van der Waals surface area contributed by atoms with Crippen molar-refractivity contribution in [2.45, 2.75) is 39.8 Å². The Labute approximate surface area is 167 Å². The van der Waals surface area contributed by atoms with Crippen LogP contribution in [0.1, 0.15) is 42.3 Å². The lowest BCUT2D eigenvalue weighted by Gasteiger charge is -2.10. The molecule has 28 heavy (non-hydrogen) atoms. The zero-order valence-electron chi connectivity index (χ0n) is 16.8. The third-order valence-corrected chi connectivity index (χ3v) is 5.27. The fourth-order valence-corrected chi connectivity index (χ4v) is 3.55. The molecule has 3 aromatic carbocycles. The molecule has 0 fully saturated rings. The van der Waals surface area contributed by atoms with Crippen LogP contribution in [0.2, 0.25) is 0 Å². The van der Waals surface area contributed by atoms with Gasteiger partial charge in [-0.1, -0.05) is 68.4 Å². The summed E-state index contributed by atoms with van der Waals surface area (Å²) >= 11 is 0. The molecule has 3 heteroatoms. The van der Waals surface area contributed by atoms with E-state index in [0.29, 0.717) is 5.92 Å². The van der Waals surface area contributed by atoms with Gasteiger partial charge in [0.1, 0.15) is 5.82 Å². The topological polar surface area (TPSA) is 29.9 Å². The number of hydrogen-bond acceptors (Lipinski definition) is 2. The highest BCUT2D eigenvalue weighted by Gasteiger charge is 2.09. The number of aromatic nitrogens is 2. The van der Waals surface area contributed by atoms with Gasteiger partial charge in [-0.05, 0) is 47.7 Å². The summed E-state index contributed by atoms with van der Waals surface area (Å²) in [6, 6.07) is 25.9. The van der Waals surface area contributed by atoms with Crippen molar-refractivity contribution in [1.82, 2.24) is 9.55 Å². The van der Waals surface area contributed by atoms with Gasteiger partial charge < -0.3 is 9.88 Å². The number of aryl methyl sites for hydroxylation is 1. The molecule has 0 radical (unpaired) electrons. The molecule has 0 unspecified atom stereocenters. The number of fused-ring (bicyclic) bond motifs is 1. The van der Waals surface area contributed by atoms with Crippen LogP contribution in [0.5, 0.6) is 0 Å². The van der Waals surface area contributed by atoms with E-state index in [4.69, 9.17) is 4.98 Å². The number of rotatable bonds is 6. The molecular weight excluding hydrogens is 342 g/mol. The molecule has 1 heterocycles. The molecule has 4 rings (SSSR count). The van der Waals surface area contributed by atoms with E-state index in [0.717, 1.165) is 30.1 Å². The summed E-state index contributed by atoms with van der Waals surface area (Å²) in [5.41, 5.74) is 7.27. The fraction of sp³-hybridized carbons (Fsp3) is 0.240. The molecule has 0 aliphatic rings. The Hall–Kier alpha value is -3.07. The van der Waals surface area contributed by atoms with Crippen molar-refractivity contribution in [2.75, 3.05) is 5.32 Å². The second kappa shape index (κ2) is 7.89. The summed E-state index contributed by atoms with van der Waals surface area (Å²) in [4.78, 5) is 4.78. The normalized spacial score (nSPS) is 11.3. The third-order valence-electron chi connectivity index (χ3n) is 5.27. The molecule has 0 spiro atoms. The SMILES string of the molecule is Cc1nc2cc(NCc3ccc(C(C)C)cc3)ccc2n1Cc1ccccc1. The quantitative estimate of drug-likeness (QED) is 0.443. The van der Waals surface area contributed by atoms with E-state index in [1.165, 1.54) is 22.2 Å². The van der Waals surface area contributed by atoms with Crippen LogP contribution in [0.3, 0.4) is 0 Å². The highest BCUT2D eigenvalue weighted by atomic mass is 15.1. The minimum atomic E-state index is 0.568. The van der Waals surface area contributed by atoms with Crippen molar-refractivity contribution in [3.63, 3.8) is 0 Å². The van der Waals surface area contributed by atoms with Crippen LogP contribution >= 0.6 is 0 Å². The van der Waals surface area contributed by atoms with Crippen molar-refractivity contribution in [1.29, 1.82) is 0 Å². The summed E-state index contributed by atoms with van der Waals surface area (Å²) in [5.74, 6) is 1.61. The first-order valence-corrected chi connectivity index (χ1v) is 9.93. The molecule has 0 bridgehead atoms. The number of imidazole rings is 1. The van der Waals surface area contributed by atoms with Gasteiger partial charge >= 0.3 is 0 Å². The highest BCUT2D eigenvalue weighted by Crippen LogP contribution is 2.22. The van der Waals surface area contributed by atoms with Gasteiger partial charge in [-0.2, -0.15) is 0 Å². The molecule has 1 N–H and O–H groups in total. The number of nitrogens with zero attached hydrogens (tertiary/aromatic N) is 2. The first-order valence-electron chi connectivity index (χ1n) is 9.93. The smallest absolute Gasteiger partial charge is 0.107 e. The number of nitrogens with one attached hydrogen (secondary N) is 1. The standard InChI is InChI=1S/C25H27N3/c1-18(2)22-11-9-20(10-12-22)16-26-23-13-14-25-24(15-23)27-19(3)28(25)17-21-7-5-4-6-8-21/h4-15,18,26H,16-17H2,1-3H3. The molecule has 3 nitrogen and oxygen atoms in total. The van der Waals surface area contributed by atoms with Crippen LogP contribution in [-0.4, -0.2) is 9.55 Å². The second-order valence-corrected chi connectivity index (χ2v) is 7.68. The van der Waals surface area contributed by atoms with Crippen molar-refractivity contribution < 1.29 is 0 Å². The van der Waals surface area contributed by atoms with Crippen LogP contribution in [0, 0.1) is 6.92 Å². The summed E-state index contributed by atoms with van der Waals surface area (Å²) in [7, 11) is 0. The van der Waals surface area contributed by atoms with Gasteiger partial charge in [-0.15, -0.1) is 0 Å². The molecular formula is C25H27N3. The Morgan fingerprint density at radius 3 is 2.36 bits per heavy atom. The Balaban J connectivity index is 1.50. The lowest BCUT2D eigenvalue weighted by atomic mass is 10.0. The Kier molecular flexibility index (Phi) is 5.16. The molecule has 0 aliphatic heterocycles. The van der Waals surface area contributed by atoms with E-state index in [1.807, 2.05) is 0 Å². The molecule has 1 aromatic heterocycles. The molecule has 0 amide bonds. The summed E-state index contributed by atoms with van der Waals surface area (Å²) in [6.45, 7) is 8.18. The fourth-order valence-electron chi connectivity index (χ4n) is 3.55. The molecule has 4 aromatic rings. The van der Waals surface area contributed by atoms with Gasteiger partial charge in [0.15, 0.2) is 0 Å².